The quantitative estimate of drug-likeness (QED) is 0.324. The number of esters is 1. The number of benzene rings is 2. The summed E-state index contributed by atoms with van der Waals surface area (Å²) in [4.78, 5) is 42.3. The lowest BCUT2D eigenvalue weighted by Gasteiger charge is -2.38. The zero-order valence-electron chi connectivity index (χ0n) is 26.3. The van der Waals surface area contributed by atoms with E-state index in [1.165, 1.54) is 29.3 Å². The van der Waals surface area contributed by atoms with E-state index in [4.69, 9.17) is 9.84 Å². The number of nitrogens with zero attached hydrogens (tertiary/aromatic N) is 5. The molecule has 2 amide bonds. The number of hydrazone groups is 1. The molecule has 0 bridgehead atoms. The van der Waals surface area contributed by atoms with Gasteiger partial charge in [0.25, 0.3) is 5.91 Å². The van der Waals surface area contributed by atoms with Gasteiger partial charge in [0.05, 0.1) is 29.9 Å². The number of hydrogen-bond acceptors (Lipinski definition) is 6. The Morgan fingerprint density at radius 1 is 1.00 bits per heavy atom. The predicted octanol–water partition coefficient (Wildman–Crippen LogP) is 5.75. The monoisotopic (exact) mass is 629 g/mol. The van der Waals surface area contributed by atoms with Gasteiger partial charge in [0.2, 0.25) is 5.91 Å². The van der Waals surface area contributed by atoms with E-state index in [0.29, 0.717) is 11.1 Å². The lowest BCUT2D eigenvalue weighted by Crippen LogP contribution is -2.44. The number of hydrogen-bond donors (Lipinski definition) is 0. The van der Waals surface area contributed by atoms with Crippen molar-refractivity contribution < 1.29 is 27.9 Å². The van der Waals surface area contributed by atoms with Gasteiger partial charge in [0, 0.05) is 36.7 Å². The number of carbonyl (C=O) groups is 3. The number of halogens is 2. The maximum atomic E-state index is 13.9. The lowest BCUT2D eigenvalue weighted by atomic mass is 9.77. The van der Waals surface area contributed by atoms with Crippen molar-refractivity contribution in [1.29, 1.82) is 0 Å². The SMILES string of the molecule is Cn1cc(C2C(C(=O)OCC(=O)N3N=C4/C(=C\c5ccc(F)cc5)CCCC4C3c3ccc(F)cc3)CC(=O)N2C(C)(C)C)cn1. The smallest absolute Gasteiger partial charge is 0.312 e. The molecule has 1 saturated carbocycles. The number of carbonyl (C=O) groups excluding carboxylic acids is 3. The minimum absolute atomic E-state index is 0.0479. The van der Waals surface area contributed by atoms with Crippen LogP contribution in [0.2, 0.25) is 0 Å². The summed E-state index contributed by atoms with van der Waals surface area (Å²) in [5.74, 6) is -3.06. The lowest BCUT2D eigenvalue weighted by molar-refractivity contribution is -0.157. The van der Waals surface area contributed by atoms with E-state index in [1.807, 2.05) is 26.8 Å². The highest BCUT2D eigenvalue weighted by atomic mass is 19.1. The summed E-state index contributed by atoms with van der Waals surface area (Å²) in [6.07, 6.45) is 7.66. The molecule has 3 heterocycles. The van der Waals surface area contributed by atoms with Gasteiger partial charge < -0.3 is 9.64 Å². The second kappa shape index (κ2) is 12.3. The van der Waals surface area contributed by atoms with E-state index >= 15 is 0 Å². The maximum Gasteiger partial charge on any atom is 0.312 e. The summed E-state index contributed by atoms with van der Waals surface area (Å²) in [7, 11) is 1.76. The van der Waals surface area contributed by atoms with Gasteiger partial charge in [-0.2, -0.15) is 10.2 Å². The van der Waals surface area contributed by atoms with Crippen LogP contribution in [0.4, 0.5) is 8.78 Å². The summed E-state index contributed by atoms with van der Waals surface area (Å²) in [6.45, 7) is 5.15. The van der Waals surface area contributed by atoms with Gasteiger partial charge in [0.1, 0.15) is 11.6 Å². The molecule has 240 valence electrons. The molecule has 4 unspecified atom stereocenters. The molecule has 0 N–H and O–H groups in total. The Bertz CT molecular complexity index is 1710. The van der Waals surface area contributed by atoms with Crippen LogP contribution in [-0.2, 0) is 26.2 Å². The van der Waals surface area contributed by atoms with E-state index in [9.17, 15) is 23.2 Å². The number of rotatable bonds is 6. The third-order valence-corrected chi connectivity index (χ3v) is 8.93. The van der Waals surface area contributed by atoms with Crippen LogP contribution in [0, 0.1) is 23.5 Å². The fourth-order valence-corrected chi connectivity index (χ4v) is 6.98. The minimum atomic E-state index is -0.825. The largest absolute Gasteiger partial charge is 0.455 e. The molecule has 1 saturated heterocycles. The minimum Gasteiger partial charge on any atom is -0.455 e. The molecule has 2 aromatic carbocycles. The van der Waals surface area contributed by atoms with Crippen LogP contribution in [0.1, 0.15) is 75.2 Å². The Hall–Kier alpha value is -4.67. The van der Waals surface area contributed by atoms with Crippen LogP contribution in [0.5, 0.6) is 0 Å². The van der Waals surface area contributed by atoms with Crippen molar-refractivity contribution in [1.82, 2.24) is 19.7 Å². The molecular formula is C35H37F2N5O4. The molecule has 2 fully saturated rings. The standard InChI is InChI=1S/C35H37F2N5O4/c1-35(2,3)41-29(43)17-28(32(41)24-18-38-40(4)19-24)34(45)46-20-30(44)42-33(22-10-14-26(37)15-11-22)27-7-5-6-23(31(27)39-42)16-21-8-12-25(36)13-9-21/h8-16,18-19,27-28,32-33H,5-7,17,20H2,1-4H3/b23-16-. The summed E-state index contributed by atoms with van der Waals surface area (Å²) >= 11 is 0. The first kappa shape index (κ1) is 31.3. The van der Waals surface area contributed by atoms with Gasteiger partial charge >= 0.3 is 5.97 Å². The van der Waals surface area contributed by atoms with Crippen molar-refractivity contribution in [2.45, 2.75) is 64.1 Å². The molecule has 0 radical (unpaired) electrons. The Morgan fingerprint density at radius 2 is 1.67 bits per heavy atom. The molecule has 1 aliphatic carbocycles. The van der Waals surface area contributed by atoms with E-state index < -0.39 is 47.8 Å². The Kier molecular flexibility index (Phi) is 8.35. The Labute approximate surface area is 266 Å². The molecule has 4 atom stereocenters. The van der Waals surface area contributed by atoms with Crippen LogP contribution < -0.4 is 0 Å². The molecule has 1 aromatic heterocycles. The fourth-order valence-electron chi connectivity index (χ4n) is 6.98. The highest BCUT2D eigenvalue weighted by Gasteiger charge is 2.50. The molecule has 3 aliphatic rings. The first-order chi connectivity index (χ1) is 21.9. The summed E-state index contributed by atoms with van der Waals surface area (Å²) < 4.78 is 34.7. The van der Waals surface area contributed by atoms with Crippen molar-refractivity contribution in [3.63, 3.8) is 0 Å². The van der Waals surface area contributed by atoms with E-state index in [1.54, 1.807) is 53.3 Å². The summed E-state index contributed by atoms with van der Waals surface area (Å²) in [5, 5.41) is 10.4. The number of aromatic nitrogens is 2. The van der Waals surface area contributed by atoms with Gasteiger partial charge in [-0.05, 0) is 87.1 Å². The van der Waals surface area contributed by atoms with Gasteiger partial charge in [-0.1, -0.05) is 24.3 Å². The number of ether oxygens (including phenoxy) is 1. The normalized spacial score (nSPS) is 23.9. The van der Waals surface area contributed by atoms with Crippen LogP contribution in [0.25, 0.3) is 6.08 Å². The number of amides is 2. The highest BCUT2D eigenvalue weighted by molar-refractivity contribution is 6.08. The van der Waals surface area contributed by atoms with Crippen LogP contribution in [0.15, 0.2) is 71.6 Å². The maximum absolute atomic E-state index is 13.9. The molecule has 9 nitrogen and oxygen atoms in total. The fraction of sp³-hybridized carbons (Fsp3) is 0.400. The summed E-state index contributed by atoms with van der Waals surface area (Å²) in [5.41, 5.74) is 3.36. The van der Waals surface area contributed by atoms with Gasteiger partial charge in [-0.15, -0.1) is 0 Å². The number of fused-ring (bicyclic) bond motifs is 1. The molecule has 0 spiro atoms. The van der Waals surface area contributed by atoms with Crippen molar-refractivity contribution in [2.75, 3.05) is 6.61 Å². The van der Waals surface area contributed by atoms with Crippen LogP contribution in [0.3, 0.4) is 0 Å². The van der Waals surface area contributed by atoms with E-state index in [2.05, 4.69) is 5.10 Å². The summed E-state index contributed by atoms with van der Waals surface area (Å²) in [6, 6.07) is 11.0. The third-order valence-electron chi connectivity index (χ3n) is 8.93. The average molecular weight is 630 g/mol. The van der Waals surface area contributed by atoms with Crippen LogP contribution >= 0.6 is 0 Å². The van der Waals surface area contributed by atoms with Gasteiger partial charge in [-0.3, -0.25) is 19.1 Å². The first-order valence-electron chi connectivity index (χ1n) is 15.5. The molecule has 3 aromatic rings. The Morgan fingerprint density at radius 3 is 2.30 bits per heavy atom. The predicted molar refractivity (Wildman–Crippen MR) is 167 cm³/mol. The second-order valence-corrected chi connectivity index (χ2v) is 13.2. The van der Waals surface area contributed by atoms with Gasteiger partial charge in [0.15, 0.2) is 6.61 Å². The molecular weight excluding hydrogens is 592 g/mol. The first-order valence-corrected chi connectivity index (χ1v) is 15.5. The second-order valence-electron chi connectivity index (χ2n) is 13.2. The molecule has 11 heteroatoms. The van der Waals surface area contributed by atoms with Crippen molar-refractivity contribution in [3.05, 3.63) is 94.8 Å². The van der Waals surface area contributed by atoms with Crippen LogP contribution in [-0.4, -0.2) is 55.3 Å². The van der Waals surface area contributed by atoms with E-state index in [0.717, 1.165) is 36.1 Å². The topological polar surface area (TPSA) is 97.1 Å². The molecule has 46 heavy (non-hydrogen) atoms. The highest BCUT2D eigenvalue weighted by Crippen LogP contribution is 2.45. The Balaban J connectivity index is 1.26. The third kappa shape index (κ3) is 6.10. The average Bonchev–Trinajstić information content (AvgIpc) is 3.72. The van der Waals surface area contributed by atoms with Crippen molar-refractivity contribution in [3.8, 4) is 0 Å². The van der Waals surface area contributed by atoms with Crippen molar-refractivity contribution >= 4 is 29.6 Å². The zero-order valence-corrected chi connectivity index (χ0v) is 26.3. The molecule has 2 aliphatic heterocycles. The number of likely N-dealkylation sites (tertiary alicyclic amines) is 1. The number of allylic oxidation sites excluding steroid dienone is 1. The van der Waals surface area contributed by atoms with E-state index in [-0.39, 0.29) is 24.1 Å². The zero-order chi connectivity index (χ0) is 32.7. The number of aryl methyl sites for hydroxylation is 1. The molecule has 6 rings (SSSR count). The van der Waals surface area contributed by atoms with Crippen molar-refractivity contribution in [2.24, 2.45) is 24.0 Å². The van der Waals surface area contributed by atoms with Gasteiger partial charge in [-0.25, -0.2) is 13.8 Å².